The molecule has 1 aromatic rings. The molecule has 108 valence electrons. The predicted octanol–water partition coefficient (Wildman–Crippen LogP) is 4.10. The van der Waals surface area contributed by atoms with Crippen LogP contribution >= 0.6 is 0 Å². The summed E-state index contributed by atoms with van der Waals surface area (Å²) in [5.74, 6) is 0. The highest BCUT2D eigenvalue weighted by Crippen LogP contribution is 2.20. The lowest BCUT2D eigenvalue weighted by atomic mass is 9.93. The minimum absolute atomic E-state index is 0.297. The van der Waals surface area contributed by atoms with Gasteiger partial charge in [-0.2, -0.15) is 0 Å². The van der Waals surface area contributed by atoms with Crippen LogP contribution < -0.4 is 5.32 Å². The molecule has 1 atom stereocenters. The van der Waals surface area contributed by atoms with Gasteiger partial charge in [0, 0.05) is 6.61 Å². The highest BCUT2D eigenvalue weighted by molar-refractivity contribution is 5.28. The van der Waals surface area contributed by atoms with Crippen molar-refractivity contribution in [1.82, 2.24) is 5.32 Å². The molecule has 0 aliphatic carbocycles. The second-order valence-electron chi connectivity index (χ2n) is 6.35. The first kappa shape index (κ1) is 16.2. The molecular formula is C17H29NO. The quantitative estimate of drug-likeness (QED) is 0.748. The summed E-state index contributed by atoms with van der Waals surface area (Å²) in [4.78, 5) is 0. The minimum atomic E-state index is 0.297. The lowest BCUT2D eigenvalue weighted by Gasteiger charge is -2.22. The molecule has 0 saturated heterocycles. The van der Waals surface area contributed by atoms with E-state index in [2.05, 4.69) is 64.2 Å². The maximum absolute atomic E-state index is 5.87. The molecule has 0 saturated carbocycles. The molecule has 0 bridgehead atoms. The zero-order valence-corrected chi connectivity index (χ0v) is 13.1. The Bertz CT molecular complexity index is 368. The van der Waals surface area contributed by atoms with Gasteiger partial charge >= 0.3 is 0 Å². The fourth-order valence-corrected chi connectivity index (χ4v) is 2.06. The zero-order valence-electron chi connectivity index (χ0n) is 13.1. The van der Waals surface area contributed by atoms with Crippen molar-refractivity contribution in [2.45, 2.75) is 47.1 Å². The second kappa shape index (κ2) is 7.66. The van der Waals surface area contributed by atoms with Gasteiger partial charge in [-0.05, 0) is 36.4 Å². The summed E-state index contributed by atoms with van der Waals surface area (Å²) in [5, 5.41) is 3.51. The Labute approximate surface area is 118 Å². The van der Waals surface area contributed by atoms with E-state index >= 15 is 0 Å². The predicted molar refractivity (Wildman–Crippen MR) is 82.5 cm³/mol. The topological polar surface area (TPSA) is 21.3 Å². The Morgan fingerprint density at radius 2 is 1.89 bits per heavy atom. The maximum Gasteiger partial charge on any atom is 0.0661 e. The molecule has 1 unspecified atom stereocenters. The van der Waals surface area contributed by atoms with Crippen LogP contribution in [0, 0.1) is 12.3 Å². The standard InChI is InChI=1S/C17H29NO/c1-6-18-16(13-19-12-11-17(3,4)5)15-10-8-7-9-14(15)2/h7-10,16,18H,6,11-13H2,1-5H3. The van der Waals surface area contributed by atoms with Gasteiger partial charge in [0.05, 0.1) is 12.6 Å². The van der Waals surface area contributed by atoms with Crippen molar-refractivity contribution < 1.29 is 4.74 Å². The lowest BCUT2D eigenvalue weighted by molar-refractivity contribution is 0.0900. The number of rotatable bonds is 7. The molecule has 0 heterocycles. The van der Waals surface area contributed by atoms with Gasteiger partial charge in [-0.1, -0.05) is 52.0 Å². The Morgan fingerprint density at radius 1 is 1.21 bits per heavy atom. The third-order valence-electron chi connectivity index (χ3n) is 3.30. The van der Waals surface area contributed by atoms with E-state index in [1.165, 1.54) is 11.1 Å². The van der Waals surface area contributed by atoms with Crippen molar-refractivity contribution >= 4 is 0 Å². The molecule has 0 fully saturated rings. The summed E-state index contributed by atoms with van der Waals surface area (Å²) >= 11 is 0. The summed E-state index contributed by atoms with van der Waals surface area (Å²) in [5.41, 5.74) is 3.02. The average molecular weight is 263 g/mol. The Morgan fingerprint density at radius 3 is 2.47 bits per heavy atom. The van der Waals surface area contributed by atoms with E-state index in [0.29, 0.717) is 11.5 Å². The van der Waals surface area contributed by atoms with E-state index in [4.69, 9.17) is 4.74 Å². The lowest BCUT2D eigenvalue weighted by Crippen LogP contribution is -2.26. The SMILES string of the molecule is CCNC(COCCC(C)(C)C)c1ccccc1C. The first-order valence-electron chi connectivity index (χ1n) is 7.30. The van der Waals surface area contributed by atoms with Crippen LogP contribution in [-0.2, 0) is 4.74 Å². The van der Waals surface area contributed by atoms with E-state index in [-0.39, 0.29) is 0 Å². The number of hydrogen-bond donors (Lipinski definition) is 1. The van der Waals surface area contributed by atoms with Gasteiger partial charge in [0.2, 0.25) is 0 Å². The van der Waals surface area contributed by atoms with Crippen LogP contribution in [0.15, 0.2) is 24.3 Å². The zero-order chi connectivity index (χ0) is 14.3. The first-order valence-corrected chi connectivity index (χ1v) is 7.30. The van der Waals surface area contributed by atoms with Crippen molar-refractivity contribution in [2.24, 2.45) is 5.41 Å². The highest BCUT2D eigenvalue weighted by Gasteiger charge is 2.14. The maximum atomic E-state index is 5.87. The molecule has 19 heavy (non-hydrogen) atoms. The fraction of sp³-hybridized carbons (Fsp3) is 0.647. The molecule has 0 amide bonds. The van der Waals surface area contributed by atoms with E-state index in [1.54, 1.807) is 0 Å². The van der Waals surface area contributed by atoms with Crippen molar-refractivity contribution in [1.29, 1.82) is 0 Å². The van der Waals surface area contributed by atoms with Gasteiger partial charge in [-0.25, -0.2) is 0 Å². The molecule has 2 heteroatoms. The number of nitrogens with one attached hydrogen (secondary N) is 1. The van der Waals surface area contributed by atoms with Crippen LogP contribution in [0.2, 0.25) is 0 Å². The Kier molecular flexibility index (Phi) is 6.53. The van der Waals surface area contributed by atoms with Gasteiger partial charge in [0.15, 0.2) is 0 Å². The van der Waals surface area contributed by atoms with Crippen LogP contribution in [0.5, 0.6) is 0 Å². The van der Waals surface area contributed by atoms with Crippen molar-refractivity contribution in [3.8, 4) is 0 Å². The van der Waals surface area contributed by atoms with Crippen molar-refractivity contribution in [2.75, 3.05) is 19.8 Å². The van der Waals surface area contributed by atoms with E-state index in [9.17, 15) is 0 Å². The number of ether oxygens (including phenoxy) is 1. The average Bonchev–Trinajstić information content (AvgIpc) is 2.33. The normalized spacial score (nSPS) is 13.5. The Hall–Kier alpha value is -0.860. The van der Waals surface area contributed by atoms with Gasteiger partial charge in [0.25, 0.3) is 0 Å². The van der Waals surface area contributed by atoms with Crippen LogP contribution in [-0.4, -0.2) is 19.8 Å². The molecule has 1 rings (SSSR count). The van der Waals surface area contributed by atoms with Crippen LogP contribution in [0.4, 0.5) is 0 Å². The third kappa shape index (κ3) is 6.22. The van der Waals surface area contributed by atoms with Gasteiger partial charge < -0.3 is 10.1 Å². The number of aryl methyl sites for hydroxylation is 1. The molecule has 0 aliphatic heterocycles. The number of benzene rings is 1. The summed E-state index contributed by atoms with van der Waals surface area (Å²) in [6.07, 6.45) is 1.10. The van der Waals surface area contributed by atoms with E-state index in [1.807, 2.05) is 0 Å². The summed E-state index contributed by atoms with van der Waals surface area (Å²) in [7, 11) is 0. The van der Waals surface area contributed by atoms with Crippen LogP contribution in [0.1, 0.15) is 51.3 Å². The van der Waals surface area contributed by atoms with Crippen molar-refractivity contribution in [3.05, 3.63) is 35.4 Å². The first-order chi connectivity index (χ1) is 8.94. The second-order valence-corrected chi connectivity index (χ2v) is 6.35. The molecule has 1 aromatic carbocycles. The van der Waals surface area contributed by atoms with Gasteiger partial charge in [0.1, 0.15) is 0 Å². The van der Waals surface area contributed by atoms with E-state index < -0.39 is 0 Å². The molecule has 0 aromatic heterocycles. The molecule has 2 nitrogen and oxygen atoms in total. The van der Waals surface area contributed by atoms with Crippen LogP contribution in [0.3, 0.4) is 0 Å². The van der Waals surface area contributed by atoms with Crippen molar-refractivity contribution in [3.63, 3.8) is 0 Å². The fourth-order valence-electron chi connectivity index (χ4n) is 2.06. The third-order valence-corrected chi connectivity index (χ3v) is 3.30. The summed E-state index contributed by atoms with van der Waals surface area (Å²) in [6, 6.07) is 8.83. The number of likely N-dealkylation sites (N-methyl/N-ethyl adjacent to an activating group) is 1. The van der Waals surface area contributed by atoms with Crippen LogP contribution in [0.25, 0.3) is 0 Å². The monoisotopic (exact) mass is 263 g/mol. The highest BCUT2D eigenvalue weighted by atomic mass is 16.5. The molecule has 0 radical (unpaired) electrons. The largest absolute Gasteiger partial charge is 0.379 e. The van der Waals surface area contributed by atoms with E-state index in [0.717, 1.165) is 26.2 Å². The van der Waals surface area contributed by atoms with Gasteiger partial charge in [-0.3, -0.25) is 0 Å². The molecular weight excluding hydrogens is 234 g/mol. The van der Waals surface area contributed by atoms with Gasteiger partial charge in [-0.15, -0.1) is 0 Å². The smallest absolute Gasteiger partial charge is 0.0661 e. The Balaban J connectivity index is 2.52. The summed E-state index contributed by atoms with van der Waals surface area (Å²) < 4.78 is 5.87. The molecule has 1 N–H and O–H groups in total. The molecule has 0 aliphatic rings. The molecule has 0 spiro atoms. The number of hydrogen-bond acceptors (Lipinski definition) is 2. The minimum Gasteiger partial charge on any atom is -0.379 e. The summed E-state index contributed by atoms with van der Waals surface area (Å²) in [6.45, 7) is 13.6.